The molecule has 0 saturated carbocycles. The van der Waals surface area contributed by atoms with Gasteiger partial charge in [0.05, 0.1) is 40.2 Å². The van der Waals surface area contributed by atoms with Gasteiger partial charge in [-0.05, 0) is 30.3 Å². The highest BCUT2D eigenvalue weighted by atomic mass is 79.9. The Hall–Kier alpha value is -3.33. The molecule has 0 bridgehead atoms. The van der Waals surface area contributed by atoms with Gasteiger partial charge in [-0.3, -0.25) is 4.79 Å². The highest BCUT2D eigenvalue weighted by Crippen LogP contribution is 2.35. The van der Waals surface area contributed by atoms with Crippen LogP contribution < -0.4 is 14.8 Å². The number of hydrogen-bond donors (Lipinski definition) is 1. The molecule has 2 aromatic rings. The molecule has 0 unspecified atom stereocenters. The summed E-state index contributed by atoms with van der Waals surface area (Å²) in [5.41, 5.74) is 0.585. The summed E-state index contributed by atoms with van der Waals surface area (Å²) in [5.74, 6) is -1.30. The molecule has 9 heteroatoms. The topological polar surface area (TPSA) is 100 Å². The molecular weight excluding hydrogens is 458 g/mol. The number of benzene rings is 2. The Morgan fingerprint density at radius 3 is 2.03 bits per heavy atom. The molecule has 30 heavy (non-hydrogen) atoms. The average molecular weight is 478 g/mol. The van der Waals surface area contributed by atoms with Gasteiger partial charge >= 0.3 is 11.9 Å². The minimum atomic E-state index is -0.822. The monoisotopic (exact) mass is 477 g/mol. The van der Waals surface area contributed by atoms with Crippen LogP contribution in [0.4, 0.5) is 5.69 Å². The molecule has 158 valence electrons. The molecular formula is C21H20BrNO7. The van der Waals surface area contributed by atoms with Crippen molar-refractivity contribution in [3.8, 4) is 11.5 Å². The first-order chi connectivity index (χ1) is 14.3. The van der Waals surface area contributed by atoms with Gasteiger partial charge in [-0.15, -0.1) is 0 Å². The normalized spacial score (nSPS) is 10.8. The smallest absolute Gasteiger partial charge is 0.354 e. The summed E-state index contributed by atoms with van der Waals surface area (Å²) in [6, 6.07) is 9.74. The van der Waals surface area contributed by atoms with Crippen molar-refractivity contribution in [2.24, 2.45) is 0 Å². The van der Waals surface area contributed by atoms with Crippen LogP contribution in [0.15, 0.2) is 52.6 Å². The molecule has 0 heterocycles. The molecule has 0 aromatic heterocycles. The number of methoxy groups -OCH3 is 4. The van der Waals surface area contributed by atoms with Crippen LogP contribution >= 0.6 is 15.9 Å². The number of nitrogens with one attached hydrogen (secondary N) is 1. The van der Waals surface area contributed by atoms with E-state index in [0.29, 0.717) is 17.1 Å². The summed E-state index contributed by atoms with van der Waals surface area (Å²) in [6.45, 7) is 0. The summed E-state index contributed by atoms with van der Waals surface area (Å²) >= 11 is 3.33. The van der Waals surface area contributed by atoms with E-state index in [1.807, 2.05) is 0 Å². The van der Waals surface area contributed by atoms with Crippen molar-refractivity contribution in [3.63, 3.8) is 0 Å². The van der Waals surface area contributed by atoms with Gasteiger partial charge in [0.1, 0.15) is 5.70 Å². The van der Waals surface area contributed by atoms with Crippen LogP contribution in [0, 0.1) is 0 Å². The van der Waals surface area contributed by atoms with Gasteiger partial charge in [0.25, 0.3) is 0 Å². The molecule has 0 aliphatic carbocycles. The van der Waals surface area contributed by atoms with Crippen molar-refractivity contribution in [1.82, 2.24) is 0 Å². The van der Waals surface area contributed by atoms with Crippen molar-refractivity contribution in [2.45, 2.75) is 0 Å². The summed E-state index contributed by atoms with van der Waals surface area (Å²) < 4.78 is 20.7. The number of ketones is 1. The zero-order chi connectivity index (χ0) is 22.3. The third kappa shape index (κ3) is 5.38. The number of rotatable bonds is 8. The van der Waals surface area contributed by atoms with Crippen molar-refractivity contribution in [1.29, 1.82) is 0 Å². The molecule has 0 spiro atoms. The van der Waals surface area contributed by atoms with Gasteiger partial charge in [0.2, 0.25) is 0 Å². The second-order valence-corrected chi connectivity index (χ2v) is 6.70. The second kappa shape index (κ2) is 10.4. The average Bonchev–Trinajstić information content (AvgIpc) is 2.77. The van der Waals surface area contributed by atoms with Gasteiger partial charge in [-0.25, -0.2) is 9.59 Å². The lowest BCUT2D eigenvalue weighted by Crippen LogP contribution is -2.17. The van der Waals surface area contributed by atoms with Gasteiger partial charge < -0.3 is 24.3 Å². The Kier molecular flexibility index (Phi) is 7.99. The van der Waals surface area contributed by atoms with Crippen LogP contribution in [-0.4, -0.2) is 46.2 Å². The van der Waals surface area contributed by atoms with Crippen molar-refractivity contribution in [3.05, 3.63) is 63.8 Å². The number of esters is 2. The van der Waals surface area contributed by atoms with Crippen LogP contribution in [-0.2, 0) is 19.1 Å². The standard InChI is InChI=1S/C21H20BrNO7/c1-27-17-9-14(20(25)12-5-7-13(22)8-6-12)15(10-18(17)28-2)23-16(21(26)30-4)11-19(24)29-3/h5-11,23H,1-4H3/b16-11+. The molecule has 0 aliphatic rings. The Balaban J connectivity index is 2.62. The fourth-order valence-electron chi connectivity index (χ4n) is 2.50. The lowest BCUT2D eigenvalue weighted by Gasteiger charge is -2.17. The highest BCUT2D eigenvalue weighted by Gasteiger charge is 2.21. The number of hydrogen-bond acceptors (Lipinski definition) is 8. The molecule has 2 rings (SSSR count). The number of anilines is 1. The van der Waals surface area contributed by atoms with E-state index >= 15 is 0 Å². The number of carbonyl (C=O) groups is 3. The summed E-state index contributed by atoms with van der Waals surface area (Å²) in [4.78, 5) is 37.0. The molecule has 0 saturated heterocycles. The predicted octanol–water partition coefficient (Wildman–Crippen LogP) is 3.34. The van der Waals surface area contributed by atoms with Crippen molar-refractivity contribution >= 4 is 39.3 Å². The third-order valence-corrected chi connectivity index (χ3v) is 4.54. The van der Waals surface area contributed by atoms with Crippen molar-refractivity contribution in [2.75, 3.05) is 33.8 Å². The fraction of sp³-hybridized carbons (Fsp3) is 0.190. The predicted molar refractivity (Wildman–Crippen MR) is 113 cm³/mol. The van der Waals surface area contributed by atoms with Crippen LogP contribution in [0.2, 0.25) is 0 Å². The summed E-state index contributed by atoms with van der Waals surface area (Å²) in [6.07, 6.45) is 0.927. The van der Waals surface area contributed by atoms with Crippen LogP contribution in [0.3, 0.4) is 0 Å². The lowest BCUT2D eigenvalue weighted by atomic mass is 10.0. The zero-order valence-electron chi connectivity index (χ0n) is 16.8. The van der Waals surface area contributed by atoms with E-state index in [2.05, 4.69) is 26.0 Å². The second-order valence-electron chi connectivity index (χ2n) is 5.79. The molecule has 2 aromatic carbocycles. The Bertz CT molecular complexity index is 984. The van der Waals surface area contributed by atoms with Gasteiger partial charge in [-0.1, -0.05) is 15.9 Å². The Morgan fingerprint density at radius 1 is 0.900 bits per heavy atom. The maximum atomic E-state index is 13.2. The number of ether oxygens (including phenoxy) is 4. The molecule has 1 N–H and O–H groups in total. The lowest BCUT2D eigenvalue weighted by molar-refractivity contribution is -0.138. The zero-order valence-corrected chi connectivity index (χ0v) is 18.4. The van der Waals surface area contributed by atoms with Crippen LogP contribution in [0.1, 0.15) is 15.9 Å². The first-order valence-electron chi connectivity index (χ1n) is 8.55. The molecule has 0 aliphatic heterocycles. The van der Waals surface area contributed by atoms with E-state index in [0.717, 1.165) is 17.7 Å². The summed E-state index contributed by atoms with van der Waals surface area (Å²) in [7, 11) is 5.21. The third-order valence-electron chi connectivity index (χ3n) is 4.01. The Morgan fingerprint density at radius 2 is 1.50 bits per heavy atom. The molecule has 0 atom stereocenters. The SMILES string of the molecule is COC(=O)/C=C(/Nc1cc(OC)c(OC)cc1C(=O)c1ccc(Br)cc1)C(=O)OC. The molecule has 0 amide bonds. The highest BCUT2D eigenvalue weighted by molar-refractivity contribution is 9.10. The largest absolute Gasteiger partial charge is 0.493 e. The van der Waals surface area contributed by atoms with Gasteiger partial charge in [0, 0.05) is 21.7 Å². The Labute approximate surface area is 181 Å². The molecule has 0 fully saturated rings. The van der Waals surface area contributed by atoms with E-state index in [4.69, 9.17) is 14.2 Å². The van der Waals surface area contributed by atoms with Crippen LogP contribution in [0.5, 0.6) is 11.5 Å². The number of carbonyl (C=O) groups excluding carboxylic acids is 3. The van der Waals surface area contributed by atoms with Gasteiger partial charge in [-0.2, -0.15) is 0 Å². The molecule has 0 radical (unpaired) electrons. The maximum absolute atomic E-state index is 13.2. The summed E-state index contributed by atoms with van der Waals surface area (Å²) in [5, 5.41) is 2.77. The minimum Gasteiger partial charge on any atom is -0.493 e. The van der Waals surface area contributed by atoms with Gasteiger partial charge in [0.15, 0.2) is 17.3 Å². The van der Waals surface area contributed by atoms with E-state index in [1.54, 1.807) is 24.3 Å². The first kappa shape index (κ1) is 23.0. The van der Waals surface area contributed by atoms with Crippen molar-refractivity contribution < 1.29 is 33.3 Å². The van der Waals surface area contributed by atoms with E-state index in [-0.39, 0.29) is 22.7 Å². The van der Waals surface area contributed by atoms with E-state index in [9.17, 15) is 14.4 Å². The quantitative estimate of drug-likeness (QED) is 0.351. The van der Waals surface area contributed by atoms with E-state index in [1.165, 1.54) is 33.5 Å². The minimum absolute atomic E-state index is 0.189. The fourth-order valence-corrected chi connectivity index (χ4v) is 2.77. The molecule has 8 nitrogen and oxygen atoms in total. The van der Waals surface area contributed by atoms with Crippen LogP contribution in [0.25, 0.3) is 0 Å². The number of halogens is 1. The van der Waals surface area contributed by atoms with E-state index < -0.39 is 11.9 Å². The maximum Gasteiger partial charge on any atom is 0.354 e. The first-order valence-corrected chi connectivity index (χ1v) is 9.35.